The van der Waals surface area contributed by atoms with E-state index in [4.69, 9.17) is 5.26 Å². The van der Waals surface area contributed by atoms with Gasteiger partial charge in [0.05, 0.1) is 18.2 Å². The van der Waals surface area contributed by atoms with Crippen molar-refractivity contribution in [3.63, 3.8) is 0 Å². The Morgan fingerprint density at radius 1 is 1.41 bits per heavy atom. The number of nitriles is 1. The Morgan fingerprint density at radius 3 is 3.00 bits per heavy atom. The lowest BCUT2D eigenvalue weighted by molar-refractivity contribution is -0.119. The van der Waals surface area contributed by atoms with Gasteiger partial charge >= 0.3 is 0 Å². The number of nitrogens with one attached hydrogen (secondary N) is 1. The van der Waals surface area contributed by atoms with Crippen LogP contribution in [0.2, 0.25) is 0 Å². The number of carbonyl (C=O) groups is 1. The van der Waals surface area contributed by atoms with Crippen LogP contribution in [-0.2, 0) is 4.79 Å². The second-order valence-corrected chi connectivity index (χ2v) is 3.93. The molecule has 0 atom stereocenters. The van der Waals surface area contributed by atoms with Gasteiger partial charge in [-0.1, -0.05) is 0 Å². The SMILES string of the molecule is N#Cc1cc(F)cc(N2CCCNC(=O)C2)c1. The second-order valence-electron chi connectivity index (χ2n) is 3.93. The molecule has 1 aliphatic rings. The summed E-state index contributed by atoms with van der Waals surface area (Å²) in [7, 11) is 0. The first-order valence-corrected chi connectivity index (χ1v) is 5.41. The van der Waals surface area contributed by atoms with Gasteiger partial charge in [0.25, 0.3) is 0 Å². The largest absolute Gasteiger partial charge is 0.362 e. The van der Waals surface area contributed by atoms with Gasteiger partial charge in [-0.2, -0.15) is 5.26 Å². The number of benzene rings is 1. The van der Waals surface area contributed by atoms with E-state index in [0.29, 0.717) is 18.8 Å². The van der Waals surface area contributed by atoms with Crippen LogP contribution in [0.25, 0.3) is 0 Å². The molecule has 2 rings (SSSR count). The Balaban J connectivity index is 2.29. The molecule has 0 radical (unpaired) electrons. The van der Waals surface area contributed by atoms with E-state index in [2.05, 4.69) is 5.32 Å². The lowest BCUT2D eigenvalue weighted by Crippen LogP contribution is -2.33. The number of hydrogen-bond acceptors (Lipinski definition) is 3. The third-order valence-corrected chi connectivity index (χ3v) is 2.64. The van der Waals surface area contributed by atoms with E-state index < -0.39 is 5.82 Å². The first kappa shape index (κ1) is 11.4. The maximum Gasteiger partial charge on any atom is 0.239 e. The molecule has 1 N–H and O–H groups in total. The topological polar surface area (TPSA) is 56.1 Å². The molecule has 1 heterocycles. The number of nitrogens with zero attached hydrogens (tertiary/aromatic N) is 2. The highest BCUT2D eigenvalue weighted by Gasteiger charge is 2.16. The van der Waals surface area contributed by atoms with Crippen molar-refractivity contribution in [3.05, 3.63) is 29.6 Å². The van der Waals surface area contributed by atoms with E-state index in [9.17, 15) is 9.18 Å². The van der Waals surface area contributed by atoms with Gasteiger partial charge in [-0.05, 0) is 24.6 Å². The molecular formula is C12H12FN3O. The number of hydrogen-bond donors (Lipinski definition) is 1. The molecule has 0 saturated carbocycles. The maximum absolute atomic E-state index is 13.3. The summed E-state index contributed by atoms with van der Waals surface area (Å²) >= 11 is 0. The van der Waals surface area contributed by atoms with E-state index in [-0.39, 0.29) is 18.0 Å². The van der Waals surface area contributed by atoms with Crippen LogP contribution in [0.1, 0.15) is 12.0 Å². The summed E-state index contributed by atoms with van der Waals surface area (Å²) in [6.07, 6.45) is 0.810. The van der Waals surface area contributed by atoms with E-state index in [1.54, 1.807) is 11.0 Å². The molecule has 1 amide bonds. The van der Waals surface area contributed by atoms with Crippen molar-refractivity contribution in [1.29, 1.82) is 5.26 Å². The standard InChI is InChI=1S/C12H12FN3O/c13-10-4-9(7-14)5-11(6-10)16-3-1-2-15-12(17)8-16/h4-6H,1-3,8H2,(H,15,17). The zero-order valence-corrected chi connectivity index (χ0v) is 9.24. The molecule has 1 aromatic rings. The summed E-state index contributed by atoms with van der Waals surface area (Å²) in [5, 5.41) is 11.5. The van der Waals surface area contributed by atoms with Gasteiger partial charge in [0.2, 0.25) is 5.91 Å². The Labute approximate surface area is 98.6 Å². The van der Waals surface area contributed by atoms with Crippen LogP contribution < -0.4 is 10.2 Å². The number of amides is 1. The van der Waals surface area contributed by atoms with Crippen molar-refractivity contribution in [2.45, 2.75) is 6.42 Å². The van der Waals surface area contributed by atoms with Gasteiger partial charge in [-0.3, -0.25) is 4.79 Å². The average Bonchev–Trinajstić information content (AvgIpc) is 2.53. The lowest BCUT2D eigenvalue weighted by Gasteiger charge is -2.21. The molecule has 0 bridgehead atoms. The molecule has 0 unspecified atom stereocenters. The molecule has 1 aromatic carbocycles. The van der Waals surface area contributed by atoms with Gasteiger partial charge < -0.3 is 10.2 Å². The van der Waals surface area contributed by atoms with E-state index >= 15 is 0 Å². The fourth-order valence-corrected chi connectivity index (χ4v) is 1.85. The minimum Gasteiger partial charge on any atom is -0.362 e. The molecule has 0 spiro atoms. The van der Waals surface area contributed by atoms with Gasteiger partial charge in [0, 0.05) is 18.8 Å². The van der Waals surface area contributed by atoms with Crippen molar-refractivity contribution in [1.82, 2.24) is 5.32 Å². The summed E-state index contributed by atoms with van der Waals surface area (Å²) in [6.45, 7) is 1.51. The van der Waals surface area contributed by atoms with Crippen LogP contribution in [0.15, 0.2) is 18.2 Å². The molecule has 4 nitrogen and oxygen atoms in total. The van der Waals surface area contributed by atoms with E-state index in [0.717, 1.165) is 6.42 Å². The van der Waals surface area contributed by atoms with Gasteiger partial charge in [0.15, 0.2) is 0 Å². The summed E-state index contributed by atoms with van der Waals surface area (Å²) in [6, 6.07) is 6.03. The summed E-state index contributed by atoms with van der Waals surface area (Å²) in [4.78, 5) is 13.2. The van der Waals surface area contributed by atoms with Crippen molar-refractivity contribution >= 4 is 11.6 Å². The third kappa shape index (κ3) is 2.72. The number of rotatable bonds is 1. The van der Waals surface area contributed by atoms with Crippen LogP contribution in [0.5, 0.6) is 0 Å². The summed E-state index contributed by atoms with van der Waals surface area (Å²) in [5.74, 6) is -0.533. The number of halogens is 1. The van der Waals surface area contributed by atoms with E-state index in [1.165, 1.54) is 12.1 Å². The fraction of sp³-hybridized carbons (Fsp3) is 0.333. The summed E-state index contributed by atoms with van der Waals surface area (Å²) in [5.41, 5.74) is 0.850. The second kappa shape index (κ2) is 4.83. The van der Waals surface area contributed by atoms with Gasteiger partial charge in [-0.25, -0.2) is 4.39 Å². The summed E-state index contributed by atoms with van der Waals surface area (Å²) < 4.78 is 13.3. The molecule has 17 heavy (non-hydrogen) atoms. The van der Waals surface area contributed by atoms with Gasteiger partial charge in [0.1, 0.15) is 5.82 Å². The molecule has 1 aliphatic heterocycles. The van der Waals surface area contributed by atoms with Crippen LogP contribution in [0.4, 0.5) is 10.1 Å². The Morgan fingerprint density at radius 2 is 2.24 bits per heavy atom. The van der Waals surface area contributed by atoms with Crippen LogP contribution in [0, 0.1) is 17.1 Å². The van der Waals surface area contributed by atoms with Gasteiger partial charge in [-0.15, -0.1) is 0 Å². The first-order valence-electron chi connectivity index (χ1n) is 5.41. The monoisotopic (exact) mass is 233 g/mol. The maximum atomic E-state index is 13.3. The van der Waals surface area contributed by atoms with Crippen molar-refractivity contribution in [2.24, 2.45) is 0 Å². The Bertz CT molecular complexity index is 481. The average molecular weight is 233 g/mol. The number of anilines is 1. The van der Waals surface area contributed by atoms with Crippen LogP contribution >= 0.6 is 0 Å². The predicted molar refractivity (Wildman–Crippen MR) is 61.0 cm³/mol. The van der Waals surface area contributed by atoms with Crippen molar-refractivity contribution < 1.29 is 9.18 Å². The van der Waals surface area contributed by atoms with Crippen LogP contribution in [0.3, 0.4) is 0 Å². The molecule has 1 fully saturated rings. The van der Waals surface area contributed by atoms with Crippen molar-refractivity contribution in [3.8, 4) is 6.07 Å². The first-order chi connectivity index (χ1) is 8.19. The molecule has 0 aliphatic carbocycles. The normalized spacial score (nSPS) is 16.0. The molecule has 88 valence electrons. The zero-order valence-electron chi connectivity index (χ0n) is 9.24. The minimum absolute atomic E-state index is 0.0785. The lowest BCUT2D eigenvalue weighted by atomic mass is 10.2. The Hall–Kier alpha value is -2.09. The quantitative estimate of drug-likeness (QED) is 0.788. The van der Waals surface area contributed by atoms with E-state index in [1.807, 2.05) is 6.07 Å². The van der Waals surface area contributed by atoms with Crippen molar-refractivity contribution in [2.75, 3.05) is 24.5 Å². The highest BCUT2D eigenvalue weighted by molar-refractivity contribution is 5.81. The molecule has 0 aromatic heterocycles. The smallest absolute Gasteiger partial charge is 0.239 e. The molecule has 1 saturated heterocycles. The number of carbonyl (C=O) groups excluding carboxylic acids is 1. The predicted octanol–water partition coefficient (Wildman–Crippen LogP) is 1.02. The highest BCUT2D eigenvalue weighted by Crippen LogP contribution is 2.19. The fourth-order valence-electron chi connectivity index (χ4n) is 1.85. The minimum atomic E-state index is -0.455. The molecular weight excluding hydrogens is 221 g/mol. The molecule has 5 heteroatoms. The third-order valence-electron chi connectivity index (χ3n) is 2.64. The Kier molecular flexibility index (Phi) is 3.24. The zero-order chi connectivity index (χ0) is 12.3. The van der Waals surface area contributed by atoms with Crippen LogP contribution in [-0.4, -0.2) is 25.5 Å². The highest BCUT2D eigenvalue weighted by atomic mass is 19.1.